The third-order valence-corrected chi connectivity index (χ3v) is 2.34. The molecule has 0 saturated carbocycles. The van der Waals surface area contributed by atoms with E-state index < -0.39 is 23.6 Å². The van der Waals surface area contributed by atoms with Gasteiger partial charge in [-0.15, -0.1) is 0 Å². The number of carbonyl (C=O) groups excluding carboxylic acids is 1. The zero-order chi connectivity index (χ0) is 12.8. The summed E-state index contributed by atoms with van der Waals surface area (Å²) in [5.74, 6) is -1.03. The maximum absolute atomic E-state index is 11.3. The molecule has 0 rings (SSSR count). The van der Waals surface area contributed by atoms with Crippen molar-refractivity contribution in [1.82, 2.24) is 5.32 Å². The first kappa shape index (κ1) is 15.1. The van der Waals surface area contributed by atoms with E-state index in [9.17, 15) is 9.59 Å². The smallest absolute Gasteiger partial charge is 0.407 e. The molecule has 0 aliphatic rings. The van der Waals surface area contributed by atoms with E-state index in [1.54, 1.807) is 20.8 Å². The van der Waals surface area contributed by atoms with Crippen LogP contribution in [0.3, 0.4) is 0 Å². The number of nitrogens with one attached hydrogen (secondary N) is 1. The lowest BCUT2D eigenvalue weighted by molar-refractivity contribution is -0.140. The Kier molecular flexibility index (Phi) is 6.25. The standard InChI is InChI=1S/C10H19NO4S/c1-10(2,3)15-9(14)11-5-7(6-16-4)8(12)13/h7H,5-6H2,1-4H3,(H,11,14)(H,12,13). The van der Waals surface area contributed by atoms with Crippen molar-refractivity contribution in [3.63, 3.8) is 0 Å². The summed E-state index contributed by atoms with van der Waals surface area (Å²) in [7, 11) is 0. The summed E-state index contributed by atoms with van der Waals surface area (Å²) in [6.07, 6.45) is 1.24. The second-order valence-corrected chi connectivity index (χ2v) is 5.28. The predicted octanol–water partition coefficient (Wildman–Crippen LogP) is 1.57. The molecule has 5 nitrogen and oxygen atoms in total. The van der Waals surface area contributed by atoms with Gasteiger partial charge >= 0.3 is 12.1 Å². The number of carboxylic acid groups (broad SMARTS) is 1. The Morgan fingerprint density at radius 3 is 2.38 bits per heavy atom. The van der Waals surface area contributed by atoms with Crippen molar-refractivity contribution in [2.24, 2.45) is 5.92 Å². The second kappa shape index (κ2) is 6.62. The van der Waals surface area contributed by atoms with Gasteiger partial charge < -0.3 is 15.2 Å². The van der Waals surface area contributed by atoms with Gasteiger partial charge in [-0.05, 0) is 27.0 Å². The van der Waals surface area contributed by atoms with Crippen LogP contribution in [-0.2, 0) is 9.53 Å². The van der Waals surface area contributed by atoms with E-state index in [4.69, 9.17) is 9.84 Å². The van der Waals surface area contributed by atoms with Crippen LogP contribution in [0.2, 0.25) is 0 Å². The number of rotatable bonds is 5. The van der Waals surface area contributed by atoms with E-state index in [1.807, 2.05) is 6.26 Å². The molecule has 0 aliphatic carbocycles. The SMILES string of the molecule is CSCC(CNC(=O)OC(C)(C)C)C(=O)O. The third-order valence-electron chi connectivity index (χ3n) is 1.61. The molecule has 16 heavy (non-hydrogen) atoms. The number of hydrogen-bond donors (Lipinski definition) is 2. The number of ether oxygens (including phenoxy) is 1. The summed E-state index contributed by atoms with van der Waals surface area (Å²) >= 11 is 1.43. The van der Waals surface area contributed by atoms with Crippen LogP contribution in [0, 0.1) is 5.92 Å². The highest BCUT2D eigenvalue weighted by Crippen LogP contribution is 2.08. The van der Waals surface area contributed by atoms with Gasteiger partial charge in [0.15, 0.2) is 0 Å². The van der Waals surface area contributed by atoms with E-state index in [0.717, 1.165) is 0 Å². The molecule has 1 amide bonds. The van der Waals surface area contributed by atoms with Gasteiger partial charge in [0.25, 0.3) is 0 Å². The predicted molar refractivity (Wildman–Crippen MR) is 63.7 cm³/mol. The molecular weight excluding hydrogens is 230 g/mol. The van der Waals surface area contributed by atoms with Crippen molar-refractivity contribution in [3.05, 3.63) is 0 Å². The van der Waals surface area contributed by atoms with Crippen molar-refractivity contribution >= 4 is 23.8 Å². The van der Waals surface area contributed by atoms with Crippen LogP contribution >= 0.6 is 11.8 Å². The monoisotopic (exact) mass is 249 g/mol. The number of aliphatic carboxylic acids is 1. The number of amides is 1. The Balaban J connectivity index is 4.01. The summed E-state index contributed by atoms with van der Waals surface area (Å²) in [6.45, 7) is 5.35. The molecule has 2 N–H and O–H groups in total. The van der Waals surface area contributed by atoms with Crippen molar-refractivity contribution in [2.45, 2.75) is 26.4 Å². The van der Waals surface area contributed by atoms with Crippen molar-refractivity contribution in [2.75, 3.05) is 18.6 Å². The molecule has 0 fully saturated rings. The fourth-order valence-electron chi connectivity index (χ4n) is 0.939. The van der Waals surface area contributed by atoms with Crippen molar-refractivity contribution in [3.8, 4) is 0 Å². The maximum Gasteiger partial charge on any atom is 0.407 e. The first-order valence-corrected chi connectivity index (χ1v) is 6.34. The lowest BCUT2D eigenvalue weighted by Crippen LogP contribution is -2.37. The van der Waals surface area contributed by atoms with Gasteiger partial charge in [0.2, 0.25) is 0 Å². The molecule has 0 spiro atoms. The zero-order valence-corrected chi connectivity index (χ0v) is 10.9. The Bertz CT molecular complexity index is 250. The van der Waals surface area contributed by atoms with Gasteiger partial charge in [-0.25, -0.2) is 4.79 Å². The highest BCUT2D eigenvalue weighted by Gasteiger charge is 2.20. The first-order chi connectivity index (χ1) is 7.26. The molecule has 94 valence electrons. The Morgan fingerprint density at radius 2 is 2.00 bits per heavy atom. The highest BCUT2D eigenvalue weighted by molar-refractivity contribution is 7.98. The molecule has 6 heteroatoms. The molecule has 0 aliphatic heterocycles. The number of carbonyl (C=O) groups is 2. The molecule has 0 heterocycles. The van der Waals surface area contributed by atoms with Crippen LogP contribution in [0.4, 0.5) is 4.79 Å². The van der Waals surface area contributed by atoms with Crippen LogP contribution in [0.1, 0.15) is 20.8 Å². The Morgan fingerprint density at radius 1 is 1.44 bits per heavy atom. The van der Waals surface area contributed by atoms with Crippen LogP contribution < -0.4 is 5.32 Å². The normalized spacial score (nSPS) is 13.0. The zero-order valence-electron chi connectivity index (χ0n) is 10.1. The van der Waals surface area contributed by atoms with E-state index in [1.165, 1.54) is 11.8 Å². The molecule has 0 aromatic heterocycles. The fourth-order valence-corrected chi connectivity index (χ4v) is 1.60. The van der Waals surface area contributed by atoms with Gasteiger partial charge in [0.05, 0.1) is 5.92 Å². The van der Waals surface area contributed by atoms with E-state index in [-0.39, 0.29) is 6.54 Å². The summed E-state index contributed by atoms with van der Waals surface area (Å²) in [4.78, 5) is 22.0. The molecular formula is C10H19NO4S. The number of carboxylic acids is 1. The lowest BCUT2D eigenvalue weighted by atomic mass is 10.2. The largest absolute Gasteiger partial charge is 0.481 e. The van der Waals surface area contributed by atoms with Gasteiger partial charge in [-0.2, -0.15) is 11.8 Å². The van der Waals surface area contributed by atoms with Crippen LogP contribution in [-0.4, -0.2) is 41.3 Å². The van der Waals surface area contributed by atoms with Gasteiger partial charge in [-0.3, -0.25) is 4.79 Å². The van der Waals surface area contributed by atoms with Gasteiger partial charge in [0, 0.05) is 12.3 Å². The van der Waals surface area contributed by atoms with Crippen molar-refractivity contribution < 1.29 is 19.4 Å². The molecule has 0 bridgehead atoms. The number of alkyl carbamates (subject to hydrolysis) is 1. The number of hydrogen-bond acceptors (Lipinski definition) is 4. The first-order valence-electron chi connectivity index (χ1n) is 4.95. The maximum atomic E-state index is 11.3. The van der Waals surface area contributed by atoms with E-state index >= 15 is 0 Å². The van der Waals surface area contributed by atoms with Gasteiger partial charge in [-0.1, -0.05) is 0 Å². The minimum Gasteiger partial charge on any atom is -0.481 e. The Labute approximate surface area is 99.9 Å². The summed E-state index contributed by atoms with van der Waals surface area (Å²) < 4.78 is 5.00. The third kappa shape index (κ3) is 7.39. The average molecular weight is 249 g/mol. The fraction of sp³-hybridized carbons (Fsp3) is 0.800. The molecule has 0 radical (unpaired) electrons. The molecule has 1 atom stereocenters. The quantitative estimate of drug-likeness (QED) is 0.773. The van der Waals surface area contributed by atoms with E-state index in [0.29, 0.717) is 5.75 Å². The van der Waals surface area contributed by atoms with E-state index in [2.05, 4.69) is 5.32 Å². The topological polar surface area (TPSA) is 75.6 Å². The summed E-state index contributed by atoms with van der Waals surface area (Å²) in [5.41, 5.74) is -0.567. The molecule has 0 saturated heterocycles. The van der Waals surface area contributed by atoms with Crippen LogP contribution in [0.5, 0.6) is 0 Å². The number of thioether (sulfide) groups is 1. The highest BCUT2D eigenvalue weighted by atomic mass is 32.2. The Hall–Kier alpha value is -0.910. The van der Waals surface area contributed by atoms with Crippen LogP contribution in [0.25, 0.3) is 0 Å². The molecule has 0 aromatic rings. The van der Waals surface area contributed by atoms with Crippen LogP contribution in [0.15, 0.2) is 0 Å². The molecule has 1 unspecified atom stereocenters. The lowest BCUT2D eigenvalue weighted by Gasteiger charge is -2.20. The summed E-state index contributed by atoms with van der Waals surface area (Å²) in [6, 6.07) is 0. The average Bonchev–Trinajstić information content (AvgIpc) is 2.08. The van der Waals surface area contributed by atoms with Gasteiger partial charge in [0.1, 0.15) is 5.60 Å². The minimum absolute atomic E-state index is 0.0884. The van der Waals surface area contributed by atoms with Crippen molar-refractivity contribution in [1.29, 1.82) is 0 Å². The summed E-state index contributed by atoms with van der Waals surface area (Å²) in [5, 5.41) is 11.3. The minimum atomic E-state index is -0.912. The molecule has 0 aromatic carbocycles. The second-order valence-electron chi connectivity index (χ2n) is 4.37.